The van der Waals surface area contributed by atoms with Crippen LogP contribution in [0.1, 0.15) is 115 Å². The van der Waals surface area contributed by atoms with Crippen molar-refractivity contribution in [2.45, 2.75) is 106 Å². The van der Waals surface area contributed by atoms with E-state index in [1.54, 1.807) is 0 Å². The first-order chi connectivity index (χ1) is 30.2. The number of hydrogen-bond donors (Lipinski definition) is 0. The van der Waals surface area contributed by atoms with Crippen LogP contribution in [-0.4, -0.2) is 19.1 Å². The predicted octanol–water partition coefficient (Wildman–Crippen LogP) is 14.9. The molecule has 4 nitrogen and oxygen atoms in total. The average Bonchev–Trinajstić information content (AvgIpc) is 3.77. The maximum atomic E-state index is 4.93. The largest absolute Gasteiger partial charge is 0.340 e. The molecule has 314 valence electrons. The van der Waals surface area contributed by atoms with Gasteiger partial charge in [0.15, 0.2) is 0 Å². The minimum atomic E-state index is 0.707. The monoisotopic (exact) mass is 814 g/mol. The van der Waals surface area contributed by atoms with Crippen LogP contribution in [0.4, 0.5) is 0 Å². The van der Waals surface area contributed by atoms with Crippen molar-refractivity contribution in [1.82, 2.24) is 19.1 Å². The first-order valence-corrected chi connectivity index (χ1v) is 23.2. The molecule has 62 heavy (non-hydrogen) atoms. The van der Waals surface area contributed by atoms with Gasteiger partial charge in [-0.25, -0.2) is 9.97 Å². The third-order valence-electron chi connectivity index (χ3n) is 12.6. The second-order valence-corrected chi connectivity index (χ2v) is 18.6. The molecular weight excluding hydrogens is 753 g/mol. The number of rotatable bonds is 15. The number of fused-ring (bicyclic) bond motifs is 6. The van der Waals surface area contributed by atoms with E-state index in [1.165, 1.54) is 95.0 Å². The lowest BCUT2D eigenvalue weighted by molar-refractivity contribution is 0.419. The third kappa shape index (κ3) is 10.2. The zero-order chi connectivity index (χ0) is 43.0. The summed E-state index contributed by atoms with van der Waals surface area (Å²) in [5, 5.41) is 5.07. The van der Waals surface area contributed by atoms with Gasteiger partial charge in [-0.05, 0) is 121 Å². The normalized spacial score (nSPS) is 12.6. The molecule has 0 saturated carbocycles. The second kappa shape index (κ2) is 19.7. The Morgan fingerprint density at radius 2 is 0.823 bits per heavy atom. The molecule has 0 fully saturated rings. The maximum Gasteiger partial charge on any atom is 0.114 e. The summed E-state index contributed by atoms with van der Waals surface area (Å²) >= 11 is 0. The molecule has 0 unspecified atom stereocenters. The van der Waals surface area contributed by atoms with Gasteiger partial charge in [-0.1, -0.05) is 140 Å². The van der Waals surface area contributed by atoms with Crippen LogP contribution in [0.3, 0.4) is 0 Å². The Morgan fingerprint density at radius 1 is 0.403 bits per heavy atom. The van der Waals surface area contributed by atoms with Crippen LogP contribution in [0.5, 0.6) is 0 Å². The number of benzene rings is 4. The Morgan fingerprint density at radius 3 is 1.26 bits per heavy atom. The molecule has 8 rings (SSSR count). The van der Waals surface area contributed by atoms with Crippen molar-refractivity contribution in [1.29, 1.82) is 0 Å². The maximum absolute atomic E-state index is 4.93. The van der Waals surface area contributed by atoms with Crippen LogP contribution in [0.15, 0.2) is 121 Å². The Bertz CT molecular complexity index is 2730. The van der Waals surface area contributed by atoms with E-state index in [0.29, 0.717) is 23.2 Å². The molecule has 4 aromatic heterocycles. The van der Waals surface area contributed by atoms with Crippen molar-refractivity contribution in [3.63, 3.8) is 0 Å². The van der Waals surface area contributed by atoms with Crippen LogP contribution in [0, 0.1) is 47.4 Å². The van der Waals surface area contributed by atoms with E-state index in [2.05, 4.69) is 159 Å². The second-order valence-electron chi connectivity index (χ2n) is 18.6. The molecule has 4 heteroatoms. The first kappa shape index (κ1) is 42.6. The minimum Gasteiger partial charge on any atom is -0.340 e. The highest BCUT2D eigenvalue weighted by molar-refractivity contribution is 6.09. The Kier molecular flexibility index (Phi) is 13.6. The zero-order valence-electron chi connectivity index (χ0n) is 37.7. The fourth-order valence-electron chi connectivity index (χ4n) is 9.05. The van der Waals surface area contributed by atoms with E-state index >= 15 is 0 Å². The Balaban J connectivity index is 0.978. The highest BCUT2D eigenvalue weighted by atomic mass is 15.0. The third-order valence-corrected chi connectivity index (χ3v) is 12.6. The number of nitrogens with zero attached hydrogens (tertiary/aromatic N) is 4. The standard InChI is InChI=1S/C58H62N4/c1-41(2)15-11-17-43(5)35-37-61-55-25-9-7-21-49(55)51-39-45(29-33-57(51)61)27-31-47-19-13-23-53(59-47)54-24-14-20-48(60-54)32-28-46-30-34-58-52(40-46)50-22-8-10-26-56(50)62(58)38-36-44(6)18-12-16-42(3)4/h7-10,13-14,19-26,29-30,33-34,39-44H,11-12,15-18,35-38H2,1-6H3/t43-,44-/m1/s1. The van der Waals surface area contributed by atoms with Crippen molar-refractivity contribution in [2.24, 2.45) is 23.7 Å². The molecule has 0 aliphatic carbocycles. The fourth-order valence-corrected chi connectivity index (χ4v) is 9.05. The van der Waals surface area contributed by atoms with Gasteiger partial charge in [0.25, 0.3) is 0 Å². The van der Waals surface area contributed by atoms with Gasteiger partial charge < -0.3 is 9.13 Å². The molecule has 0 aliphatic heterocycles. The molecule has 0 radical (unpaired) electrons. The van der Waals surface area contributed by atoms with Crippen molar-refractivity contribution in [3.05, 3.63) is 144 Å². The number of pyridine rings is 2. The summed E-state index contributed by atoms with van der Waals surface area (Å²) in [5.74, 6) is 16.5. The van der Waals surface area contributed by atoms with Crippen molar-refractivity contribution in [2.75, 3.05) is 0 Å². The molecule has 0 N–H and O–H groups in total. The number of para-hydroxylation sites is 2. The molecular formula is C58H62N4. The summed E-state index contributed by atoms with van der Waals surface area (Å²) in [4.78, 5) is 9.85. The summed E-state index contributed by atoms with van der Waals surface area (Å²) in [6.45, 7) is 16.1. The molecule has 0 amide bonds. The minimum absolute atomic E-state index is 0.707. The molecule has 0 spiro atoms. The molecule has 2 atom stereocenters. The summed E-state index contributed by atoms with van der Waals surface area (Å²) in [5.41, 5.74) is 10.1. The van der Waals surface area contributed by atoms with Crippen LogP contribution < -0.4 is 0 Å². The van der Waals surface area contributed by atoms with Crippen LogP contribution in [0.25, 0.3) is 55.0 Å². The van der Waals surface area contributed by atoms with E-state index < -0.39 is 0 Å². The lowest BCUT2D eigenvalue weighted by atomic mass is 9.97. The van der Waals surface area contributed by atoms with Gasteiger partial charge in [0.05, 0.1) is 11.4 Å². The Hall–Kier alpha value is -6.10. The van der Waals surface area contributed by atoms with E-state index in [9.17, 15) is 0 Å². The van der Waals surface area contributed by atoms with Gasteiger partial charge in [-0.2, -0.15) is 0 Å². The van der Waals surface area contributed by atoms with E-state index in [0.717, 1.165) is 47.4 Å². The molecule has 0 bridgehead atoms. The van der Waals surface area contributed by atoms with Crippen molar-refractivity contribution in [3.8, 4) is 35.1 Å². The molecule has 0 aliphatic rings. The van der Waals surface area contributed by atoms with Gasteiger partial charge in [-0.3, -0.25) is 0 Å². The van der Waals surface area contributed by atoms with E-state index in [-0.39, 0.29) is 0 Å². The highest BCUT2D eigenvalue weighted by Gasteiger charge is 2.14. The molecule has 0 saturated heterocycles. The van der Waals surface area contributed by atoms with E-state index in [1.807, 2.05) is 36.4 Å². The first-order valence-electron chi connectivity index (χ1n) is 23.2. The summed E-state index contributed by atoms with van der Waals surface area (Å²) in [6.07, 6.45) is 10.2. The number of hydrogen-bond acceptors (Lipinski definition) is 2. The van der Waals surface area contributed by atoms with Gasteiger partial charge in [-0.15, -0.1) is 0 Å². The summed E-state index contributed by atoms with van der Waals surface area (Å²) in [7, 11) is 0. The van der Waals surface area contributed by atoms with Crippen LogP contribution >= 0.6 is 0 Å². The quantitative estimate of drug-likeness (QED) is 0.0967. The fraction of sp³-hybridized carbons (Fsp3) is 0.345. The van der Waals surface area contributed by atoms with Gasteiger partial charge >= 0.3 is 0 Å². The van der Waals surface area contributed by atoms with Crippen molar-refractivity contribution >= 4 is 43.6 Å². The van der Waals surface area contributed by atoms with Crippen LogP contribution in [0.2, 0.25) is 0 Å². The smallest absolute Gasteiger partial charge is 0.114 e. The zero-order valence-corrected chi connectivity index (χ0v) is 37.7. The number of aryl methyl sites for hydroxylation is 2. The predicted molar refractivity (Wildman–Crippen MR) is 263 cm³/mol. The summed E-state index contributed by atoms with van der Waals surface area (Å²) in [6, 6.07) is 42.8. The van der Waals surface area contributed by atoms with Gasteiger partial charge in [0.1, 0.15) is 11.4 Å². The van der Waals surface area contributed by atoms with Gasteiger partial charge in [0.2, 0.25) is 0 Å². The molecule has 8 aromatic rings. The molecule has 4 aromatic carbocycles. The van der Waals surface area contributed by atoms with Gasteiger partial charge in [0, 0.05) is 67.8 Å². The topological polar surface area (TPSA) is 35.6 Å². The average molecular weight is 815 g/mol. The summed E-state index contributed by atoms with van der Waals surface area (Å²) < 4.78 is 5.02. The lowest BCUT2D eigenvalue weighted by Crippen LogP contribution is -2.04. The Labute approximate surface area is 369 Å². The molecule has 4 heterocycles. The number of aromatic nitrogens is 4. The van der Waals surface area contributed by atoms with Crippen molar-refractivity contribution < 1.29 is 0 Å². The SMILES string of the molecule is CC(C)CCC[C@@H](C)CCn1c2ccccc2c2cc(C#Cc3cccc(-c4cccc(C#Cc5ccc6c(c5)c5ccccc5n6CC[C@H](C)CCCC(C)C)n4)n3)ccc21. The van der Waals surface area contributed by atoms with E-state index in [4.69, 9.17) is 9.97 Å². The highest BCUT2D eigenvalue weighted by Crippen LogP contribution is 2.32. The lowest BCUT2D eigenvalue weighted by Gasteiger charge is -2.14. The van der Waals surface area contributed by atoms with Crippen LogP contribution in [-0.2, 0) is 13.1 Å².